The van der Waals surface area contributed by atoms with Crippen LogP contribution in [0.2, 0.25) is 0 Å². The molecule has 1 aromatic rings. The van der Waals surface area contributed by atoms with Gasteiger partial charge in [-0.25, -0.2) is 21.6 Å². The van der Waals surface area contributed by atoms with Crippen molar-refractivity contribution in [2.45, 2.75) is 22.4 Å². The standard InChI is InChI=1S/C15H22N2O6S3/c1-2-23-15(18)17-7-5-16(6-8-17)12-10-25(19,20)11-13(12)26(21,22)14-4-3-9-24-14/h3-4,9,12-13H,2,5-8,10-11H2,1H3. The molecule has 0 radical (unpaired) electrons. The first kappa shape index (κ1) is 19.6. The molecule has 0 N–H and O–H groups in total. The summed E-state index contributed by atoms with van der Waals surface area (Å²) in [5.74, 6) is -0.516. The first-order valence-corrected chi connectivity index (χ1v) is 12.6. The number of rotatable bonds is 4. The Hall–Kier alpha value is -1.17. The largest absolute Gasteiger partial charge is 0.450 e. The second kappa shape index (κ2) is 7.45. The second-order valence-electron chi connectivity index (χ2n) is 6.38. The third-order valence-corrected chi connectivity index (χ3v) is 10.3. The zero-order valence-corrected chi connectivity index (χ0v) is 16.9. The van der Waals surface area contributed by atoms with Crippen LogP contribution < -0.4 is 0 Å². The lowest BCUT2D eigenvalue weighted by molar-refractivity contribution is 0.0700. The number of carbonyl (C=O) groups is 1. The molecule has 2 aliphatic rings. The van der Waals surface area contributed by atoms with Gasteiger partial charge in [-0.05, 0) is 18.4 Å². The monoisotopic (exact) mass is 422 g/mol. The van der Waals surface area contributed by atoms with Crippen molar-refractivity contribution in [3.63, 3.8) is 0 Å². The molecular weight excluding hydrogens is 400 g/mol. The number of thiophene rings is 1. The van der Waals surface area contributed by atoms with Crippen LogP contribution in [0.5, 0.6) is 0 Å². The lowest BCUT2D eigenvalue weighted by Crippen LogP contribution is -2.55. The van der Waals surface area contributed by atoms with Crippen molar-refractivity contribution in [1.82, 2.24) is 9.80 Å². The molecule has 11 heteroatoms. The normalized spacial score (nSPS) is 26.7. The highest BCUT2D eigenvalue weighted by Gasteiger charge is 2.49. The SMILES string of the molecule is CCOC(=O)N1CCN(C2CS(=O)(=O)CC2S(=O)(=O)c2cccs2)CC1. The molecule has 0 spiro atoms. The van der Waals surface area contributed by atoms with E-state index < -0.39 is 37.1 Å². The number of ether oxygens (including phenoxy) is 1. The molecule has 0 aromatic carbocycles. The van der Waals surface area contributed by atoms with Gasteiger partial charge in [0.2, 0.25) is 0 Å². The van der Waals surface area contributed by atoms with Gasteiger partial charge in [0.15, 0.2) is 19.7 Å². The minimum atomic E-state index is -3.71. The Labute approximate surface area is 157 Å². The fraction of sp³-hybridized carbons (Fsp3) is 0.667. The molecule has 3 heterocycles. The third kappa shape index (κ3) is 3.90. The quantitative estimate of drug-likeness (QED) is 0.695. The van der Waals surface area contributed by atoms with Crippen molar-refractivity contribution in [1.29, 1.82) is 0 Å². The Balaban J connectivity index is 1.77. The molecule has 0 bridgehead atoms. The smallest absolute Gasteiger partial charge is 0.409 e. The Morgan fingerprint density at radius 1 is 1.27 bits per heavy atom. The number of nitrogens with zero attached hydrogens (tertiary/aromatic N) is 2. The van der Waals surface area contributed by atoms with Gasteiger partial charge in [-0.1, -0.05) is 6.07 Å². The Morgan fingerprint density at radius 2 is 1.96 bits per heavy atom. The summed E-state index contributed by atoms with van der Waals surface area (Å²) >= 11 is 1.10. The molecule has 2 aliphatic heterocycles. The summed E-state index contributed by atoms with van der Waals surface area (Å²) in [5, 5.41) is 0.698. The summed E-state index contributed by atoms with van der Waals surface area (Å²) in [6.45, 7) is 3.66. The van der Waals surface area contributed by atoms with E-state index >= 15 is 0 Å². The van der Waals surface area contributed by atoms with E-state index in [-0.39, 0.29) is 15.7 Å². The molecule has 0 aliphatic carbocycles. The average Bonchev–Trinajstić information content (AvgIpc) is 3.23. The van der Waals surface area contributed by atoms with E-state index in [9.17, 15) is 21.6 Å². The molecule has 2 unspecified atom stereocenters. The van der Waals surface area contributed by atoms with Gasteiger partial charge in [0.1, 0.15) is 4.21 Å². The maximum Gasteiger partial charge on any atom is 0.409 e. The van der Waals surface area contributed by atoms with E-state index in [0.717, 1.165) is 11.3 Å². The van der Waals surface area contributed by atoms with Crippen LogP contribution in [0.1, 0.15) is 6.92 Å². The molecule has 26 heavy (non-hydrogen) atoms. The second-order valence-corrected chi connectivity index (χ2v) is 11.9. The predicted octanol–water partition coefficient (Wildman–Crippen LogP) is 0.462. The molecule has 1 aromatic heterocycles. The summed E-state index contributed by atoms with van der Waals surface area (Å²) in [5.41, 5.74) is 0. The fourth-order valence-corrected chi connectivity index (χ4v) is 9.51. The minimum absolute atomic E-state index is 0.165. The maximum absolute atomic E-state index is 12.9. The van der Waals surface area contributed by atoms with Crippen molar-refractivity contribution >= 4 is 37.1 Å². The number of piperazine rings is 1. The van der Waals surface area contributed by atoms with Crippen molar-refractivity contribution in [3.05, 3.63) is 17.5 Å². The molecule has 8 nitrogen and oxygen atoms in total. The van der Waals surface area contributed by atoms with Crippen LogP contribution in [0.15, 0.2) is 21.7 Å². The minimum Gasteiger partial charge on any atom is -0.450 e. The van der Waals surface area contributed by atoms with Gasteiger partial charge in [-0.3, -0.25) is 4.90 Å². The molecule has 0 saturated carbocycles. The first-order valence-electron chi connectivity index (χ1n) is 8.38. The highest BCUT2D eigenvalue weighted by molar-refractivity contribution is 7.97. The highest BCUT2D eigenvalue weighted by Crippen LogP contribution is 2.31. The van der Waals surface area contributed by atoms with Crippen LogP contribution in [-0.2, 0) is 24.4 Å². The molecule has 2 atom stereocenters. The van der Waals surface area contributed by atoms with Crippen molar-refractivity contribution in [2.24, 2.45) is 0 Å². The van der Waals surface area contributed by atoms with E-state index in [1.807, 2.05) is 4.90 Å². The zero-order chi connectivity index (χ0) is 18.9. The third-order valence-electron chi connectivity index (χ3n) is 4.76. The molecular formula is C15H22N2O6S3. The number of hydrogen-bond donors (Lipinski definition) is 0. The summed E-state index contributed by atoms with van der Waals surface area (Å²) < 4.78 is 55.4. The van der Waals surface area contributed by atoms with Gasteiger partial charge < -0.3 is 9.64 Å². The van der Waals surface area contributed by atoms with E-state index in [1.54, 1.807) is 23.3 Å². The molecule has 146 valence electrons. The Bertz CT molecular complexity index is 842. The zero-order valence-electron chi connectivity index (χ0n) is 14.4. The fourth-order valence-electron chi connectivity index (χ4n) is 3.46. The number of carbonyl (C=O) groups excluding carboxylic acids is 1. The highest BCUT2D eigenvalue weighted by atomic mass is 32.2. The topological polar surface area (TPSA) is 101 Å². The molecule has 3 rings (SSSR count). The van der Waals surface area contributed by atoms with Gasteiger partial charge >= 0.3 is 6.09 Å². The van der Waals surface area contributed by atoms with Crippen LogP contribution in [0.3, 0.4) is 0 Å². The Morgan fingerprint density at radius 3 is 2.54 bits per heavy atom. The molecule has 2 fully saturated rings. The van der Waals surface area contributed by atoms with E-state index in [0.29, 0.717) is 32.8 Å². The number of hydrogen-bond acceptors (Lipinski definition) is 8. The lowest BCUT2D eigenvalue weighted by Gasteiger charge is -2.38. The van der Waals surface area contributed by atoms with Gasteiger partial charge in [0.05, 0.1) is 23.4 Å². The van der Waals surface area contributed by atoms with Gasteiger partial charge in [-0.2, -0.15) is 0 Å². The summed E-state index contributed by atoms with van der Waals surface area (Å²) in [6, 6.07) is 2.57. The van der Waals surface area contributed by atoms with E-state index in [1.165, 1.54) is 6.07 Å². The summed E-state index contributed by atoms with van der Waals surface area (Å²) in [4.78, 5) is 15.2. The van der Waals surface area contributed by atoms with Crippen LogP contribution >= 0.6 is 11.3 Å². The predicted molar refractivity (Wildman–Crippen MR) is 97.9 cm³/mol. The maximum atomic E-state index is 12.9. The van der Waals surface area contributed by atoms with Crippen molar-refractivity contribution < 1.29 is 26.4 Å². The van der Waals surface area contributed by atoms with Crippen LogP contribution in [0.4, 0.5) is 4.79 Å². The first-order chi connectivity index (χ1) is 12.2. The lowest BCUT2D eigenvalue weighted by atomic mass is 10.2. The summed E-state index contributed by atoms with van der Waals surface area (Å²) in [7, 11) is -7.14. The van der Waals surface area contributed by atoms with E-state index in [4.69, 9.17) is 4.74 Å². The van der Waals surface area contributed by atoms with E-state index in [2.05, 4.69) is 0 Å². The van der Waals surface area contributed by atoms with Crippen molar-refractivity contribution in [3.8, 4) is 0 Å². The van der Waals surface area contributed by atoms with Gasteiger partial charge in [0.25, 0.3) is 0 Å². The van der Waals surface area contributed by atoms with Gasteiger partial charge in [-0.15, -0.1) is 11.3 Å². The average molecular weight is 423 g/mol. The Kier molecular flexibility index (Phi) is 5.61. The van der Waals surface area contributed by atoms with Crippen molar-refractivity contribution in [2.75, 3.05) is 44.3 Å². The summed E-state index contributed by atoms with van der Waals surface area (Å²) in [6.07, 6.45) is -0.394. The number of amides is 1. The van der Waals surface area contributed by atoms with Crippen LogP contribution in [0, 0.1) is 0 Å². The molecule has 1 amide bonds. The van der Waals surface area contributed by atoms with Crippen LogP contribution in [0.25, 0.3) is 0 Å². The van der Waals surface area contributed by atoms with Gasteiger partial charge in [0, 0.05) is 32.2 Å². The number of sulfone groups is 2. The van der Waals surface area contributed by atoms with Crippen LogP contribution in [-0.4, -0.2) is 88.3 Å². The molecule has 2 saturated heterocycles.